The van der Waals surface area contributed by atoms with Crippen LogP contribution in [0.25, 0.3) is 0 Å². The zero-order valence-electron chi connectivity index (χ0n) is 9.98. The van der Waals surface area contributed by atoms with Crippen molar-refractivity contribution in [1.82, 2.24) is 4.90 Å². The summed E-state index contributed by atoms with van der Waals surface area (Å²) in [6.45, 7) is 3.27. The topological polar surface area (TPSA) is 35.8 Å². The fraction of sp³-hybridized carbons (Fsp3) is 0.769. The molecule has 0 spiro atoms. The summed E-state index contributed by atoms with van der Waals surface area (Å²) < 4.78 is 13.8. The van der Waals surface area contributed by atoms with Gasteiger partial charge >= 0.3 is 0 Å². The van der Waals surface area contributed by atoms with Gasteiger partial charge < -0.3 is 5.11 Å². The van der Waals surface area contributed by atoms with Crippen LogP contribution in [0.2, 0.25) is 0 Å². The number of rotatable bonds is 2. The minimum absolute atomic E-state index is 0.157. The molecule has 1 N–H and O–H groups in total. The molecule has 0 bridgehead atoms. The molecule has 3 rings (SSSR count). The van der Waals surface area contributed by atoms with Crippen LogP contribution in [-0.4, -0.2) is 54.2 Å². The molecule has 0 aromatic rings. The Kier molecular flexibility index (Phi) is 3.01. The predicted molar refractivity (Wildman–Crippen MR) is 65.1 cm³/mol. The lowest BCUT2D eigenvalue weighted by Crippen LogP contribution is -2.53. The van der Waals surface area contributed by atoms with Crippen LogP contribution in [0.3, 0.4) is 0 Å². The van der Waals surface area contributed by atoms with Crippen LogP contribution < -0.4 is 0 Å². The van der Waals surface area contributed by atoms with E-state index in [2.05, 4.69) is 9.89 Å². The molecule has 0 radical (unpaired) electrons. The normalized spacial score (nSPS) is 34.7. The Morgan fingerprint density at radius 3 is 3.00 bits per heavy atom. The van der Waals surface area contributed by atoms with E-state index in [0.717, 1.165) is 50.3 Å². The number of allylic oxidation sites excluding steroid dienone is 1. The van der Waals surface area contributed by atoms with Gasteiger partial charge in [0, 0.05) is 43.4 Å². The Balaban J connectivity index is 1.68. The van der Waals surface area contributed by atoms with E-state index in [0.29, 0.717) is 12.3 Å². The molecule has 0 aromatic carbocycles. The third kappa shape index (κ3) is 2.16. The predicted octanol–water partition coefficient (Wildman–Crippen LogP) is 1.18. The zero-order valence-corrected chi connectivity index (χ0v) is 9.98. The first kappa shape index (κ1) is 11.4. The number of aliphatic hydroxyl groups excluding tert-OH is 1. The lowest BCUT2D eigenvalue weighted by atomic mass is 9.80. The van der Waals surface area contributed by atoms with E-state index < -0.39 is 6.17 Å². The quantitative estimate of drug-likeness (QED) is 0.784. The van der Waals surface area contributed by atoms with Crippen LogP contribution in [0.15, 0.2) is 16.6 Å². The standard InChI is InChI=1S/C13H19FN2O/c14-12-4-3-9(6-16-7-10(17)8-16)13-11(12)2-1-5-15-13/h2,9-10,12,17H,1,3-8H2/t9-,12-/m0/s1. The maximum Gasteiger partial charge on any atom is 0.127 e. The van der Waals surface area contributed by atoms with Gasteiger partial charge in [-0.2, -0.15) is 0 Å². The first-order chi connectivity index (χ1) is 8.24. The van der Waals surface area contributed by atoms with Crippen molar-refractivity contribution in [3.05, 3.63) is 11.6 Å². The van der Waals surface area contributed by atoms with Crippen LogP contribution in [0.5, 0.6) is 0 Å². The Bertz CT molecular complexity index is 360. The van der Waals surface area contributed by atoms with Crippen molar-refractivity contribution in [2.24, 2.45) is 10.9 Å². The molecule has 2 atom stereocenters. The van der Waals surface area contributed by atoms with Crippen molar-refractivity contribution in [2.45, 2.75) is 31.5 Å². The number of nitrogens with zero attached hydrogens (tertiary/aromatic N) is 2. The monoisotopic (exact) mass is 238 g/mol. The summed E-state index contributed by atoms with van der Waals surface area (Å²) in [7, 11) is 0. The Labute approximate surface area is 101 Å². The highest BCUT2D eigenvalue weighted by Gasteiger charge is 2.35. The van der Waals surface area contributed by atoms with Crippen molar-refractivity contribution < 1.29 is 9.50 Å². The lowest BCUT2D eigenvalue weighted by Gasteiger charge is -2.40. The summed E-state index contributed by atoms with van der Waals surface area (Å²) >= 11 is 0. The molecule has 17 heavy (non-hydrogen) atoms. The largest absolute Gasteiger partial charge is 0.390 e. The van der Waals surface area contributed by atoms with Crippen LogP contribution >= 0.6 is 0 Å². The number of likely N-dealkylation sites (tertiary alicyclic amines) is 1. The van der Waals surface area contributed by atoms with Gasteiger partial charge in [0.05, 0.1) is 6.10 Å². The highest BCUT2D eigenvalue weighted by molar-refractivity contribution is 6.04. The minimum Gasteiger partial charge on any atom is -0.390 e. The summed E-state index contributed by atoms with van der Waals surface area (Å²) in [6, 6.07) is 0. The molecular formula is C13H19FN2O. The average molecular weight is 238 g/mol. The van der Waals surface area contributed by atoms with Crippen molar-refractivity contribution in [3.8, 4) is 0 Å². The summed E-state index contributed by atoms with van der Waals surface area (Å²) in [5.41, 5.74) is 1.87. The third-order valence-corrected chi connectivity index (χ3v) is 3.98. The fourth-order valence-electron chi connectivity index (χ4n) is 3.07. The molecule has 3 aliphatic rings. The summed E-state index contributed by atoms with van der Waals surface area (Å²) in [4.78, 5) is 6.77. The molecule has 0 amide bonds. The molecule has 2 aliphatic heterocycles. The number of aliphatic hydroxyl groups is 1. The van der Waals surface area contributed by atoms with Crippen molar-refractivity contribution in [2.75, 3.05) is 26.2 Å². The van der Waals surface area contributed by atoms with Gasteiger partial charge in [-0.3, -0.25) is 9.89 Å². The van der Waals surface area contributed by atoms with Crippen LogP contribution in [-0.2, 0) is 0 Å². The number of dihydropyridines is 1. The third-order valence-electron chi connectivity index (χ3n) is 3.98. The number of hydrogen-bond donors (Lipinski definition) is 1. The molecule has 3 nitrogen and oxygen atoms in total. The van der Waals surface area contributed by atoms with Crippen molar-refractivity contribution >= 4 is 5.71 Å². The zero-order chi connectivity index (χ0) is 11.8. The second kappa shape index (κ2) is 4.50. The van der Waals surface area contributed by atoms with Gasteiger partial charge in [-0.15, -0.1) is 0 Å². The Morgan fingerprint density at radius 1 is 1.41 bits per heavy atom. The first-order valence-corrected chi connectivity index (χ1v) is 6.53. The maximum atomic E-state index is 13.8. The molecule has 2 heterocycles. The Hall–Kier alpha value is -0.740. The van der Waals surface area contributed by atoms with E-state index in [1.165, 1.54) is 0 Å². The van der Waals surface area contributed by atoms with E-state index in [1.54, 1.807) is 0 Å². The van der Waals surface area contributed by atoms with Gasteiger partial charge in [0.1, 0.15) is 6.17 Å². The van der Waals surface area contributed by atoms with Crippen LogP contribution in [0.1, 0.15) is 19.3 Å². The smallest absolute Gasteiger partial charge is 0.127 e. The van der Waals surface area contributed by atoms with Gasteiger partial charge in [-0.1, -0.05) is 6.08 Å². The molecule has 4 heteroatoms. The van der Waals surface area contributed by atoms with Crippen LogP contribution in [0, 0.1) is 5.92 Å². The van der Waals surface area contributed by atoms with Gasteiger partial charge in [0.2, 0.25) is 0 Å². The first-order valence-electron chi connectivity index (χ1n) is 6.53. The number of alkyl halides is 1. The van der Waals surface area contributed by atoms with Gasteiger partial charge in [-0.05, 0) is 19.3 Å². The summed E-state index contributed by atoms with van der Waals surface area (Å²) in [5, 5.41) is 9.28. The summed E-state index contributed by atoms with van der Waals surface area (Å²) in [6.07, 6.45) is 3.48. The van der Waals surface area contributed by atoms with Gasteiger partial charge in [0.15, 0.2) is 0 Å². The van der Waals surface area contributed by atoms with E-state index in [4.69, 9.17) is 0 Å². The van der Waals surface area contributed by atoms with Crippen molar-refractivity contribution in [1.29, 1.82) is 0 Å². The second-order valence-electron chi connectivity index (χ2n) is 5.33. The highest BCUT2D eigenvalue weighted by Crippen LogP contribution is 2.32. The molecule has 1 saturated carbocycles. The molecule has 1 saturated heterocycles. The maximum absolute atomic E-state index is 13.8. The SMILES string of the molecule is OC1CN(C[C@@H]2CC[C@H](F)C3=CCCN=C32)C1. The Morgan fingerprint density at radius 2 is 2.24 bits per heavy atom. The molecule has 94 valence electrons. The fourth-order valence-corrected chi connectivity index (χ4v) is 3.07. The highest BCUT2D eigenvalue weighted by atomic mass is 19.1. The molecule has 0 aromatic heterocycles. The minimum atomic E-state index is -0.799. The lowest BCUT2D eigenvalue weighted by molar-refractivity contribution is -0.00329. The average Bonchev–Trinajstić information content (AvgIpc) is 2.31. The van der Waals surface area contributed by atoms with E-state index >= 15 is 0 Å². The number of fused-ring (bicyclic) bond motifs is 1. The molecule has 2 fully saturated rings. The van der Waals surface area contributed by atoms with E-state index in [1.807, 2.05) is 6.08 Å². The number of halogens is 1. The van der Waals surface area contributed by atoms with E-state index in [9.17, 15) is 9.50 Å². The molecule has 0 unspecified atom stereocenters. The summed E-state index contributed by atoms with van der Waals surface area (Å²) in [5.74, 6) is 0.376. The molecule has 1 aliphatic carbocycles. The molecular weight excluding hydrogens is 219 g/mol. The van der Waals surface area contributed by atoms with Gasteiger partial charge in [0.25, 0.3) is 0 Å². The number of aliphatic imine (C=N–C) groups is 1. The van der Waals surface area contributed by atoms with Crippen LogP contribution in [0.4, 0.5) is 4.39 Å². The van der Waals surface area contributed by atoms with E-state index in [-0.39, 0.29) is 6.10 Å². The number of β-amino-alcohol motifs (C(OH)–C–C–N with tert-alkyl or cyclic N) is 1. The second-order valence-corrected chi connectivity index (χ2v) is 5.33. The van der Waals surface area contributed by atoms with Gasteiger partial charge in [-0.25, -0.2) is 4.39 Å². The number of hydrogen-bond acceptors (Lipinski definition) is 3. The van der Waals surface area contributed by atoms with Crippen molar-refractivity contribution in [3.63, 3.8) is 0 Å².